The highest BCUT2D eigenvalue weighted by molar-refractivity contribution is 5.71. The van der Waals surface area contributed by atoms with E-state index in [9.17, 15) is 5.11 Å². The van der Waals surface area contributed by atoms with Gasteiger partial charge in [0.1, 0.15) is 5.75 Å². The van der Waals surface area contributed by atoms with Gasteiger partial charge >= 0.3 is 0 Å². The molecule has 1 N–H and O–H groups in total. The van der Waals surface area contributed by atoms with Gasteiger partial charge in [0, 0.05) is 23.3 Å². The van der Waals surface area contributed by atoms with Crippen molar-refractivity contribution in [2.24, 2.45) is 0 Å². The molecule has 0 saturated carbocycles. The first kappa shape index (κ1) is 12.0. The third-order valence-corrected chi connectivity index (χ3v) is 3.73. The van der Waals surface area contributed by atoms with E-state index in [1.807, 2.05) is 12.1 Å². The molecule has 0 unspecified atom stereocenters. The molecule has 0 bridgehead atoms. The van der Waals surface area contributed by atoms with Gasteiger partial charge in [-0.05, 0) is 30.2 Å². The zero-order valence-corrected chi connectivity index (χ0v) is 11.0. The molecule has 0 aromatic heterocycles. The quantitative estimate of drug-likeness (QED) is 0.855. The maximum Gasteiger partial charge on any atom is 0.116 e. The summed E-state index contributed by atoms with van der Waals surface area (Å²) in [5, 5.41) is 9.63. The molecular formula is C15H21NO. The van der Waals surface area contributed by atoms with Crippen LogP contribution in [0.1, 0.15) is 39.2 Å². The number of phenols is 1. The van der Waals surface area contributed by atoms with Gasteiger partial charge in [-0.1, -0.05) is 33.8 Å². The fourth-order valence-corrected chi connectivity index (χ4v) is 2.47. The molecule has 17 heavy (non-hydrogen) atoms. The highest BCUT2D eigenvalue weighted by Crippen LogP contribution is 2.47. The van der Waals surface area contributed by atoms with Crippen molar-refractivity contribution in [2.75, 3.05) is 11.4 Å². The van der Waals surface area contributed by atoms with Gasteiger partial charge in [-0.2, -0.15) is 0 Å². The summed E-state index contributed by atoms with van der Waals surface area (Å²) in [6.07, 6.45) is 2.34. The fraction of sp³-hybridized carbons (Fsp3) is 0.467. The lowest BCUT2D eigenvalue weighted by molar-refractivity contribution is 0.473. The molecule has 1 aliphatic heterocycles. The van der Waals surface area contributed by atoms with E-state index in [4.69, 9.17) is 0 Å². The first-order valence-corrected chi connectivity index (χ1v) is 6.29. The van der Waals surface area contributed by atoms with Gasteiger partial charge in [-0.15, -0.1) is 0 Å². The molecule has 1 aliphatic rings. The summed E-state index contributed by atoms with van der Waals surface area (Å²) in [6, 6.07) is 5.62. The average Bonchev–Trinajstić information content (AvgIpc) is 2.47. The molecule has 2 heteroatoms. The van der Waals surface area contributed by atoms with Crippen molar-refractivity contribution < 1.29 is 5.11 Å². The van der Waals surface area contributed by atoms with Crippen molar-refractivity contribution in [2.45, 2.75) is 39.0 Å². The predicted molar refractivity (Wildman–Crippen MR) is 72.5 cm³/mol. The fourth-order valence-electron chi connectivity index (χ4n) is 2.47. The van der Waals surface area contributed by atoms with E-state index < -0.39 is 0 Å². The topological polar surface area (TPSA) is 23.5 Å². The minimum Gasteiger partial charge on any atom is -0.508 e. The Morgan fingerprint density at radius 1 is 1.35 bits per heavy atom. The molecule has 0 saturated heterocycles. The van der Waals surface area contributed by atoms with Crippen molar-refractivity contribution in [3.05, 3.63) is 36.0 Å². The van der Waals surface area contributed by atoms with Crippen LogP contribution < -0.4 is 4.90 Å². The maximum atomic E-state index is 9.63. The summed E-state index contributed by atoms with van der Waals surface area (Å²) in [4.78, 5) is 2.29. The van der Waals surface area contributed by atoms with E-state index in [0.717, 1.165) is 18.7 Å². The van der Waals surface area contributed by atoms with Crippen LogP contribution in [0.5, 0.6) is 5.75 Å². The Labute approximate surface area is 104 Å². The lowest BCUT2D eigenvalue weighted by Crippen LogP contribution is -2.25. The van der Waals surface area contributed by atoms with Crippen molar-refractivity contribution in [3.8, 4) is 5.75 Å². The lowest BCUT2D eigenvalue weighted by atomic mass is 9.84. The zero-order valence-electron chi connectivity index (χ0n) is 11.0. The molecule has 0 aliphatic carbocycles. The summed E-state index contributed by atoms with van der Waals surface area (Å²) < 4.78 is 0. The Morgan fingerprint density at radius 2 is 2.06 bits per heavy atom. The lowest BCUT2D eigenvalue weighted by Gasteiger charge is -2.25. The number of anilines is 1. The van der Waals surface area contributed by atoms with Crippen LogP contribution in [-0.4, -0.2) is 11.7 Å². The molecule has 0 fully saturated rings. The van der Waals surface area contributed by atoms with E-state index in [0.29, 0.717) is 5.75 Å². The van der Waals surface area contributed by atoms with Crippen LogP contribution in [-0.2, 0) is 5.41 Å². The SMILES string of the molecule is C=C1N(CCCC)c2ccc(O)cc2C1(C)C. The van der Waals surface area contributed by atoms with E-state index in [1.165, 1.54) is 17.7 Å². The molecule has 1 heterocycles. The van der Waals surface area contributed by atoms with Gasteiger partial charge in [-0.3, -0.25) is 0 Å². The molecule has 0 spiro atoms. The number of allylic oxidation sites excluding steroid dienone is 1. The molecule has 92 valence electrons. The van der Waals surface area contributed by atoms with E-state index in [1.54, 1.807) is 6.07 Å². The maximum absolute atomic E-state index is 9.63. The van der Waals surface area contributed by atoms with Crippen LogP contribution >= 0.6 is 0 Å². The number of benzene rings is 1. The molecular weight excluding hydrogens is 210 g/mol. The molecule has 2 rings (SSSR count). The Balaban J connectivity index is 2.44. The number of unbranched alkanes of at least 4 members (excludes halogenated alkanes) is 1. The van der Waals surface area contributed by atoms with Crippen LogP contribution in [0.25, 0.3) is 0 Å². The molecule has 0 amide bonds. The standard InChI is InChI=1S/C15H21NO/c1-5-6-9-16-11(2)15(3,4)13-10-12(17)7-8-14(13)16/h7-8,10,17H,2,5-6,9H2,1,3-4H3. The molecule has 1 aromatic carbocycles. The Hall–Kier alpha value is -1.44. The van der Waals surface area contributed by atoms with Gasteiger partial charge in [0.2, 0.25) is 0 Å². The summed E-state index contributed by atoms with van der Waals surface area (Å²) in [6.45, 7) is 11.8. The summed E-state index contributed by atoms with van der Waals surface area (Å²) in [5.74, 6) is 0.335. The number of hydrogen-bond donors (Lipinski definition) is 1. The van der Waals surface area contributed by atoms with Crippen LogP contribution in [0.15, 0.2) is 30.5 Å². The summed E-state index contributed by atoms with van der Waals surface area (Å²) in [5.41, 5.74) is 3.43. The molecule has 2 nitrogen and oxygen atoms in total. The zero-order chi connectivity index (χ0) is 12.6. The second kappa shape index (κ2) is 4.10. The van der Waals surface area contributed by atoms with E-state index in [2.05, 4.69) is 32.3 Å². The van der Waals surface area contributed by atoms with Crippen molar-refractivity contribution in [3.63, 3.8) is 0 Å². The number of hydrogen-bond acceptors (Lipinski definition) is 2. The number of fused-ring (bicyclic) bond motifs is 1. The van der Waals surface area contributed by atoms with E-state index >= 15 is 0 Å². The van der Waals surface area contributed by atoms with Gasteiger partial charge in [0.05, 0.1) is 0 Å². The highest BCUT2D eigenvalue weighted by atomic mass is 16.3. The minimum atomic E-state index is -0.0815. The molecule has 0 atom stereocenters. The first-order chi connectivity index (χ1) is 7.98. The monoisotopic (exact) mass is 231 g/mol. The predicted octanol–water partition coefficient (Wildman–Crippen LogP) is 3.80. The average molecular weight is 231 g/mol. The van der Waals surface area contributed by atoms with E-state index in [-0.39, 0.29) is 5.41 Å². The van der Waals surface area contributed by atoms with Crippen molar-refractivity contribution in [1.82, 2.24) is 0 Å². The second-order valence-electron chi connectivity index (χ2n) is 5.28. The Bertz CT molecular complexity index is 448. The summed E-state index contributed by atoms with van der Waals surface area (Å²) >= 11 is 0. The number of phenolic OH excluding ortho intramolecular Hbond substituents is 1. The van der Waals surface area contributed by atoms with Crippen molar-refractivity contribution in [1.29, 1.82) is 0 Å². The normalized spacial score (nSPS) is 17.4. The number of nitrogens with zero attached hydrogens (tertiary/aromatic N) is 1. The van der Waals surface area contributed by atoms with Crippen LogP contribution in [0.3, 0.4) is 0 Å². The van der Waals surface area contributed by atoms with Crippen LogP contribution in [0.4, 0.5) is 5.69 Å². The minimum absolute atomic E-state index is 0.0815. The summed E-state index contributed by atoms with van der Waals surface area (Å²) in [7, 11) is 0. The Kier molecular flexibility index (Phi) is 2.90. The first-order valence-electron chi connectivity index (χ1n) is 6.29. The third kappa shape index (κ3) is 1.82. The molecule has 1 aromatic rings. The van der Waals surface area contributed by atoms with Crippen LogP contribution in [0.2, 0.25) is 0 Å². The highest BCUT2D eigenvalue weighted by Gasteiger charge is 2.38. The van der Waals surface area contributed by atoms with Gasteiger partial charge < -0.3 is 10.0 Å². The second-order valence-corrected chi connectivity index (χ2v) is 5.28. The number of rotatable bonds is 3. The molecule has 0 radical (unpaired) electrons. The van der Waals surface area contributed by atoms with Crippen molar-refractivity contribution >= 4 is 5.69 Å². The van der Waals surface area contributed by atoms with Crippen LogP contribution in [0, 0.1) is 0 Å². The third-order valence-electron chi connectivity index (χ3n) is 3.73. The Morgan fingerprint density at radius 3 is 2.71 bits per heavy atom. The van der Waals surface area contributed by atoms with Gasteiger partial charge in [0.25, 0.3) is 0 Å². The van der Waals surface area contributed by atoms with Gasteiger partial charge in [0.15, 0.2) is 0 Å². The number of aromatic hydroxyl groups is 1. The smallest absolute Gasteiger partial charge is 0.116 e. The van der Waals surface area contributed by atoms with Gasteiger partial charge in [-0.25, -0.2) is 0 Å². The largest absolute Gasteiger partial charge is 0.508 e.